The summed E-state index contributed by atoms with van der Waals surface area (Å²) in [6, 6.07) is 9.27. The van der Waals surface area contributed by atoms with Crippen molar-refractivity contribution in [2.75, 3.05) is 11.4 Å². The van der Waals surface area contributed by atoms with Crippen molar-refractivity contribution in [2.24, 2.45) is 5.73 Å². The largest absolute Gasteiger partial charge is 0.368 e. The van der Waals surface area contributed by atoms with Crippen LogP contribution in [0.5, 0.6) is 0 Å². The van der Waals surface area contributed by atoms with E-state index in [1.807, 2.05) is 49.1 Å². The second-order valence-electron chi connectivity index (χ2n) is 6.33. The van der Waals surface area contributed by atoms with Crippen LogP contribution >= 0.6 is 0 Å². The Morgan fingerprint density at radius 3 is 2.58 bits per heavy atom. The predicted octanol–water partition coefficient (Wildman–Crippen LogP) is 2.22. The Morgan fingerprint density at radius 2 is 1.96 bits per heavy atom. The molecule has 2 N–H and O–H groups in total. The molecule has 1 aliphatic heterocycles. The third kappa shape index (κ3) is 2.60. The fourth-order valence-corrected chi connectivity index (χ4v) is 3.71. The number of nitrogens with zero attached hydrogens (tertiary/aromatic N) is 2. The van der Waals surface area contributed by atoms with Gasteiger partial charge < -0.3 is 15.2 Å². The third-order valence-electron chi connectivity index (χ3n) is 4.92. The number of ketones is 1. The molecule has 0 saturated heterocycles. The number of amides is 1. The number of nitrogens with two attached hydrogens (primary N) is 1. The van der Waals surface area contributed by atoms with Crippen LogP contribution in [0.3, 0.4) is 0 Å². The van der Waals surface area contributed by atoms with Crippen molar-refractivity contribution in [3.8, 4) is 0 Å². The number of para-hydroxylation sites is 1. The van der Waals surface area contributed by atoms with Gasteiger partial charge in [0, 0.05) is 35.6 Å². The van der Waals surface area contributed by atoms with Crippen LogP contribution < -0.4 is 10.6 Å². The van der Waals surface area contributed by atoms with Gasteiger partial charge in [0.1, 0.15) is 6.04 Å². The minimum Gasteiger partial charge on any atom is -0.368 e. The van der Waals surface area contributed by atoms with Gasteiger partial charge in [0.2, 0.25) is 5.91 Å². The molecule has 0 spiro atoms. The van der Waals surface area contributed by atoms with Crippen molar-refractivity contribution in [1.29, 1.82) is 0 Å². The molecule has 1 aromatic heterocycles. The Bertz CT molecular complexity index is 807. The number of primary amides is 1. The molecule has 3 rings (SSSR count). The lowest BCUT2D eigenvalue weighted by atomic mass is 10.1. The van der Waals surface area contributed by atoms with Crippen LogP contribution in [0.1, 0.15) is 34.2 Å². The van der Waals surface area contributed by atoms with Gasteiger partial charge in [0.25, 0.3) is 0 Å². The molecule has 1 aromatic carbocycles. The van der Waals surface area contributed by atoms with E-state index < -0.39 is 11.9 Å². The van der Waals surface area contributed by atoms with Crippen LogP contribution in [-0.2, 0) is 17.8 Å². The number of anilines is 1. The van der Waals surface area contributed by atoms with Crippen molar-refractivity contribution in [3.63, 3.8) is 0 Å². The van der Waals surface area contributed by atoms with Gasteiger partial charge in [-0.25, -0.2) is 0 Å². The molecule has 24 heavy (non-hydrogen) atoms. The van der Waals surface area contributed by atoms with Crippen LogP contribution in [-0.4, -0.2) is 28.8 Å². The topological polar surface area (TPSA) is 68.3 Å². The molecule has 5 nitrogen and oxygen atoms in total. The predicted molar refractivity (Wildman–Crippen MR) is 94.4 cm³/mol. The van der Waals surface area contributed by atoms with E-state index in [0.29, 0.717) is 6.42 Å². The van der Waals surface area contributed by atoms with Gasteiger partial charge in [-0.2, -0.15) is 0 Å². The Kier molecular flexibility index (Phi) is 4.18. The van der Waals surface area contributed by atoms with Crippen LogP contribution in [0.4, 0.5) is 5.69 Å². The average Bonchev–Trinajstić information content (AvgIpc) is 3.05. The number of rotatable bonds is 5. The van der Waals surface area contributed by atoms with Crippen molar-refractivity contribution in [3.05, 3.63) is 52.8 Å². The normalized spacial score (nSPS) is 16.3. The van der Waals surface area contributed by atoms with Crippen LogP contribution in [0.15, 0.2) is 30.3 Å². The highest BCUT2D eigenvalue weighted by atomic mass is 16.1. The number of aryl methyl sites for hydroxylation is 1. The smallest absolute Gasteiger partial charge is 0.240 e. The summed E-state index contributed by atoms with van der Waals surface area (Å²) in [4.78, 5) is 26.6. The molecule has 1 atom stereocenters. The minimum absolute atomic E-state index is 0.0192. The van der Waals surface area contributed by atoms with Crippen molar-refractivity contribution >= 4 is 17.4 Å². The number of carbonyl (C=O) groups excluding carboxylic acids is 2. The molecule has 2 aromatic rings. The molecule has 0 aliphatic carbocycles. The third-order valence-corrected chi connectivity index (χ3v) is 4.92. The van der Waals surface area contributed by atoms with E-state index >= 15 is 0 Å². The summed E-state index contributed by atoms with van der Waals surface area (Å²) >= 11 is 0. The minimum atomic E-state index is -0.457. The van der Waals surface area contributed by atoms with Crippen LogP contribution in [0, 0.1) is 13.8 Å². The number of hydrogen-bond acceptors (Lipinski definition) is 3. The first-order chi connectivity index (χ1) is 11.4. The molecule has 5 heteroatoms. The van der Waals surface area contributed by atoms with E-state index in [1.54, 1.807) is 0 Å². The first-order valence-corrected chi connectivity index (χ1v) is 8.27. The standard InChI is InChI=1S/C19H23N3O2/c1-4-21-12(2)9-15(13(21)3)18(23)11-22-16-8-6-5-7-14(16)10-17(22)19(20)24/h5-9,17H,4,10-11H2,1-3H3,(H2,20,24)/t17-/m0/s1. The van der Waals surface area contributed by atoms with Gasteiger partial charge >= 0.3 is 0 Å². The van der Waals surface area contributed by atoms with E-state index in [1.165, 1.54) is 0 Å². The van der Waals surface area contributed by atoms with E-state index in [-0.39, 0.29) is 12.3 Å². The molecule has 1 aliphatic rings. The highest BCUT2D eigenvalue weighted by Crippen LogP contribution is 2.32. The Morgan fingerprint density at radius 1 is 1.25 bits per heavy atom. The van der Waals surface area contributed by atoms with E-state index in [4.69, 9.17) is 5.73 Å². The fraction of sp³-hybridized carbons (Fsp3) is 0.368. The summed E-state index contributed by atoms with van der Waals surface area (Å²) in [6.45, 7) is 7.03. The second-order valence-corrected chi connectivity index (χ2v) is 6.33. The molecular formula is C19H23N3O2. The lowest BCUT2D eigenvalue weighted by molar-refractivity contribution is -0.119. The van der Waals surface area contributed by atoms with Crippen LogP contribution in [0.25, 0.3) is 0 Å². The van der Waals surface area contributed by atoms with Crippen molar-refractivity contribution in [2.45, 2.75) is 39.8 Å². The maximum absolute atomic E-state index is 12.9. The number of carbonyl (C=O) groups is 2. The van der Waals surface area contributed by atoms with Gasteiger partial charge in [-0.05, 0) is 38.5 Å². The average molecular weight is 325 g/mol. The second kappa shape index (κ2) is 6.15. The Hall–Kier alpha value is -2.56. The van der Waals surface area contributed by atoms with Crippen molar-refractivity contribution in [1.82, 2.24) is 4.57 Å². The highest BCUT2D eigenvalue weighted by Gasteiger charge is 2.34. The monoisotopic (exact) mass is 325 g/mol. The van der Waals surface area contributed by atoms with Gasteiger partial charge in [-0.3, -0.25) is 9.59 Å². The van der Waals surface area contributed by atoms with Crippen LogP contribution in [0.2, 0.25) is 0 Å². The first kappa shape index (κ1) is 16.3. The lowest BCUT2D eigenvalue weighted by Gasteiger charge is -2.24. The van der Waals surface area contributed by atoms with E-state index in [9.17, 15) is 9.59 Å². The zero-order chi connectivity index (χ0) is 17.4. The molecule has 2 heterocycles. The molecule has 0 radical (unpaired) electrons. The number of fused-ring (bicyclic) bond motifs is 1. The summed E-state index contributed by atoms with van der Waals surface area (Å²) < 4.78 is 2.12. The fourth-order valence-electron chi connectivity index (χ4n) is 3.71. The van der Waals surface area contributed by atoms with E-state index in [0.717, 1.165) is 34.7 Å². The van der Waals surface area contributed by atoms with Gasteiger partial charge in [-0.1, -0.05) is 18.2 Å². The SMILES string of the molecule is CCn1c(C)cc(C(=O)CN2c3ccccc3C[C@H]2C(N)=O)c1C. The maximum atomic E-state index is 12.9. The molecular weight excluding hydrogens is 302 g/mol. The molecule has 1 amide bonds. The highest BCUT2D eigenvalue weighted by molar-refractivity contribution is 6.02. The molecule has 0 fully saturated rings. The number of benzene rings is 1. The first-order valence-electron chi connectivity index (χ1n) is 8.27. The zero-order valence-corrected chi connectivity index (χ0v) is 14.4. The molecule has 0 unspecified atom stereocenters. The number of Topliss-reactive ketones (excluding diaryl/α,β-unsaturated/α-hetero) is 1. The summed E-state index contributed by atoms with van der Waals surface area (Å²) in [7, 11) is 0. The quantitative estimate of drug-likeness (QED) is 0.857. The lowest BCUT2D eigenvalue weighted by Crippen LogP contribution is -2.45. The zero-order valence-electron chi connectivity index (χ0n) is 14.4. The Balaban J connectivity index is 1.91. The summed E-state index contributed by atoms with van der Waals surface area (Å²) in [5.74, 6) is -0.371. The molecule has 0 bridgehead atoms. The summed E-state index contributed by atoms with van der Waals surface area (Å²) in [6.07, 6.45) is 0.562. The maximum Gasteiger partial charge on any atom is 0.240 e. The van der Waals surface area contributed by atoms with E-state index in [2.05, 4.69) is 11.5 Å². The molecule has 0 saturated carbocycles. The Labute approximate surface area is 142 Å². The summed E-state index contributed by atoms with van der Waals surface area (Å²) in [5.41, 5.74) is 10.3. The molecule has 126 valence electrons. The number of hydrogen-bond donors (Lipinski definition) is 1. The van der Waals surface area contributed by atoms with Crippen molar-refractivity contribution < 1.29 is 9.59 Å². The van der Waals surface area contributed by atoms with Gasteiger partial charge in [0.05, 0.1) is 6.54 Å². The van der Waals surface area contributed by atoms with Gasteiger partial charge in [-0.15, -0.1) is 0 Å². The summed E-state index contributed by atoms with van der Waals surface area (Å²) in [5, 5.41) is 0. The number of aromatic nitrogens is 1. The van der Waals surface area contributed by atoms with Gasteiger partial charge in [0.15, 0.2) is 5.78 Å².